The minimum absolute atomic E-state index is 0.0769. The zero-order valence-electron chi connectivity index (χ0n) is 17.1. The number of amides is 2. The van der Waals surface area contributed by atoms with Crippen molar-refractivity contribution >= 4 is 22.7 Å². The second kappa shape index (κ2) is 9.12. The van der Waals surface area contributed by atoms with Crippen molar-refractivity contribution in [1.82, 2.24) is 15.2 Å². The van der Waals surface area contributed by atoms with Crippen LogP contribution in [-0.2, 0) is 11.2 Å². The van der Waals surface area contributed by atoms with Crippen LogP contribution in [0, 0.1) is 11.7 Å². The van der Waals surface area contributed by atoms with Crippen molar-refractivity contribution in [2.75, 3.05) is 19.6 Å². The molecule has 0 bridgehead atoms. The largest absolute Gasteiger partial charge is 0.360 e. The molecule has 2 heterocycles. The summed E-state index contributed by atoms with van der Waals surface area (Å²) < 4.78 is 13.7. The molecule has 0 aliphatic carbocycles. The molecule has 6 nitrogen and oxygen atoms in total. The lowest BCUT2D eigenvalue weighted by Crippen LogP contribution is -2.44. The van der Waals surface area contributed by atoms with Crippen LogP contribution in [0.5, 0.6) is 0 Å². The highest BCUT2D eigenvalue weighted by Gasteiger charge is 2.28. The Hall–Kier alpha value is -3.48. The second-order valence-corrected chi connectivity index (χ2v) is 7.78. The van der Waals surface area contributed by atoms with Crippen molar-refractivity contribution in [2.24, 2.45) is 5.92 Å². The molecule has 1 fully saturated rings. The molecule has 3 aromatic rings. The molecular weight excluding hydrogens is 397 g/mol. The quantitative estimate of drug-likeness (QED) is 0.665. The highest BCUT2D eigenvalue weighted by atomic mass is 19.1. The van der Waals surface area contributed by atoms with Gasteiger partial charge in [0.25, 0.3) is 5.91 Å². The Morgan fingerprint density at radius 1 is 1.06 bits per heavy atom. The molecular formula is C24H24FN3O3. The monoisotopic (exact) mass is 421 g/mol. The fourth-order valence-electron chi connectivity index (χ4n) is 4.01. The summed E-state index contributed by atoms with van der Waals surface area (Å²) >= 11 is 0. The summed E-state index contributed by atoms with van der Waals surface area (Å²) in [6.45, 7) is 1.19. The van der Waals surface area contributed by atoms with Gasteiger partial charge in [-0.25, -0.2) is 4.39 Å². The van der Waals surface area contributed by atoms with Crippen LogP contribution in [0.4, 0.5) is 4.39 Å². The van der Waals surface area contributed by atoms with Gasteiger partial charge in [-0.3, -0.25) is 14.4 Å². The topological polar surface area (TPSA) is 82.3 Å². The number of hydrogen-bond donors (Lipinski definition) is 2. The first-order valence-electron chi connectivity index (χ1n) is 10.5. The zero-order chi connectivity index (χ0) is 21.8. The number of carbonyl (C=O) groups excluding carboxylic acids is 2. The Balaban J connectivity index is 1.31. The van der Waals surface area contributed by atoms with Crippen LogP contribution in [0.15, 0.2) is 59.5 Å². The summed E-state index contributed by atoms with van der Waals surface area (Å²) in [6, 6.07) is 13.6. The van der Waals surface area contributed by atoms with Crippen LogP contribution in [0.25, 0.3) is 10.9 Å². The number of piperidine rings is 1. The van der Waals surface area contributed by atoms with Crippen LogP contribution in [-0.4, -0.2) is 41.3 Å². The summed E-state index contributed by atoms with van der Waals surface area (Å²) in [5, 5.41) is 3.35. The maximum absolute atomic E-state index is 13.7. The Bertz CT molecular complexity index is 1170. The number of nitrogens with one attached hydrogen (secondary N) is 2. The van der Waals surface area contributed by atoms with Gasteiger partial charge < -0.3 is 15.2 Å². The molecule has 0 saturated carbocycles. The first-order chi connectivity index (χ1) is 15.0. The number of carbonyl (C=O) groups is 2. The van der Waals surface area contributed by atoms with Gasteiger partial charge in [-0.1, -0.05) is 30.3 Å². The minimum Gasteiger partial charge on any atom is -0.360 e. The summed E-state index contributed by atoms with van der Waals surface area (Å²) in [6.07, 6.45) is 2.96. The molecule has 2 amide bonds. The third kappa shape index (κ3) is 4.50. The maximum Gasteiger partial charge on any atom is 0.259 e. The van der Waals surface area contributed by atoms with E-state index in [-0.39, 0.29) is 34.5 Å². The Morgan fingerprint density at radius 2 is 1.77 bits per heavy atom. The summed E-state index contributed by atoms with van der Waals surface area (Å²) in [7, 11) is 0. The summed E-state index contributed by atoms with van der Waals surface area (Å²) in [4.78, 5) is 42.7. The average molecular weight is 421 g/mol. The molecule has 160 valence electrons. The van der Waals surface area contributed by atoms with Gasteiger partial charge in [0.15, 0.2) is 0 Å². The highest BCUT2D eigenvalue weighted by molar-refractivity contribution is 5.97. The van der Waals surface area contributed by atoms with Gasteiger partial charge in [0.2, 0.25) is 11.3 Å². The highest BCUT2D eigenvalue weighted by Crippen LogP contribution is 2.19. The van der Waals surface area contributed by atoms with E-state index < -0.39 is 0 Å². The molecule has 0 spiro atoms. The van der Waals surface area contributed by atoms with Crippen LogP contribution >= 0.6 is 0 Å². The van der Waals surface area contributed by atoms with E-state index in [2.05, 4.69) is 10.3 Å². The van der Waals surface area contributed by atoms with E-state index in [4.69, 9.17) is 0 Å². The van der Waals surface area contributed by atoms with Crippen LogP contribution in [0.2, 0.25) is 0 Å². The number of H-pyrrole nitrogens is 1. The lowest BCUT2D eigenvalue weighted by molar-refractivity contribution is -0.126. The second-order valence-electron chi connectivity index (χ2n) is 7.78. The lowest BCUT2D eigenvalue weighted by Gasteiger charge is -2.31. The van der Waals surface area contributed by atoms with E-state index in [9.17, 15) is 18.8 Å². The fourth-order valence-corrected chi connectivity index (χ4v) is 4.01. The number of benzene rings is 2. The molecule has 0 radical (unpaired) electrons. The third-order valence-corrected chi connectivity index (χ3v) is 5.82. The van der Waals surface area contributed by atoms with Crippen LogP contribution in [0.3, 0.4) is 0 Å². The van der Waals surface area contributed by atoms with E-state index in [1.807, 2.05) is 6.07 Å². The number of likely N-dealkylation sites (tertiary alicyclic amines) is 1. The van der Waals surface area contributed by atoms with Crippen molar-refractivity contribution in [3.8, 4) is 0 Å². The Morgan fingerprint density at radius 3 is 2.55 bits per heavy atom. The van der Waals surface area contributed by atoms with Crippen molar-refractivity contribution in [3.05, 3.63) is 81.9 Å². The van der Waals surface area contributed by atoms with Gasteiger partial charge in [-0.2, -0.15) is 0 Å². The number of nitrogens with zero attached hydrogens (tertiary/aromatic N) is 1. The van der Waals surface area contributed by atoms with Crippen LogP contribution < -0.4 is 10.7 Å². The molecule has 1 aliphatic rings. The third-order valence-electron chi connectivity index (χ3n) is 5.82. The number of rotatable bonds is 5. The zero-order valence-corrected chi connectivity index (χ0v) is 17.1. The van der Waals surface area contributed by atoms with Gasteiger partial charge in [-0.05, 0) is 43.0 Å². The number of fused-ring (bicyclic) bond motifs is 1. The van der Waals surface area contributed by atoms with E-state index in [0.29, 0.717) is 55.4 Å². The molecule has 4 rings (SSSR count). The maximum atomic E-state index is 13.7. The molecule has 1 aliphatic heterocycles. The predicted octanol–water partition coefficient (Wildman–Crippen LogP) is 2.88. The molecule has 1 saturated heterocycles. The molecule has 2 aromatic carbocycles. The van der Waals surface area contributed by atoms with Gasteiger partial charge in [-0.15, -0.1) is 0 Å². The minimum atomic E-state index is -0.314. The van der Waals surface area contributed by atoms with E-state index in [1.165, 1.54) is 12.3 Å². The lowest BCUT2D eigenvalue weighted by atomic mass is 9.95. The number of hydrogen-bond acceptors (Lipinski definition) is 3. The van der Waals surface area contributed by atoms with Crippen molar-refractivity contribution < 1.29 is 14.0 Å². The molecule has 2 N–H and O–H groups in total. The number of halogens is 1. The molecule has 0 unspecified atom stereocenters. The first-order valence-corrected chi connectivity index (χ1v) is 10.5. The van der Waals surface area contributed by atoms with Crippen LogP contribution in [0.1, 0.15) is 28.8 Å². The van der Waals surface area contributed by atoms with Gasteiger partial charge in [0.05, 0.1) is 0 Å². The summed E-state index contributed by atoms with van der Waals surface area (Å²) in [5.74, 6) is -0.857. The van der Waals surface area contributed by atoms with Gasteiger partial charge in [0, 0.05) is 42.7 Å². The first kappa shape index (κ1) is 20.8. The fraction of sp³-hybridized carbons (Fsp3) is 0.292. The van der Waals surface area contributed by atoms with Crippen molar-refractivity contribution in [2.45, 2.75) is 19.3 Å². The number of pyridine rings is 1. The molecule has 7 heteroatoms. The van der Waals surface area contributed by atoms with Crippen molar-refractivity contribution in [3.63, 3.8) is 0 Å². The summed E-state index contributed by atoms with van der Waals surface area (Å²) in [5.41, 5.74) is 1.09. The smallest absolute Gasteiger partial charge is 0.259 e. The Kier molecular flexibility index (Phi) is 6.11. The van der Waals surface area contributed by atoms with E-state index >= 15 is 0 Å². The number of para-hydroxylation sites is 1. The molecule has 31 heavy (non-hydrogen) atoms. The van der Waals surface area contributed by atoms with Gasteiger partial charge >= 0.3 is 0 Å². The number of aromatic nitrogens is 1. The predicted molar refractivity (Wildman–Crippen MR) is 116 cm³/mol. The normalized spacial score (nSPS) is 14.5. The SMILES string of the molecule is O=C(NCCc1ccccc1F)C1CCN(C(=O)c2c[nH]c3ccccc3c2=O)CC1. The van der Waals surface area contributed by atoms with Crippen molar-refractivity contribution in [1.29, 1.82) is 0 Å². The standard InChI is InChI=1S/C24H24FN3O3/c25-20-7-3-1-5-16(20)9-12-26-23(30)17-10-13-28(14-11-17)24(31)19-15-27-21-8-4-2-6-18(21)22(19)29/h1-8,15,17H,9-14H2,(H,26,30)(H,27,29). The van der Waals surface area contributed by atoms with E-state index in [1.54, 1.807) is 41.3 Å². The Labute approximate surface area is 179 Å². The molecule has 1 aromatic heterocycles. The van der Waals surface area contributed by atoms with E-state index in [0.717, 1.165) is 0 Å². The number of aromatic amines is 1. The van der Waals surface area contributed by atoms with Gasteiger partial charge in [0.1, 0.15) is 11.4 Å². The molecule has 0 atom stereocenters. The average Bonchev–Trinajstić information content (AvgIpc) is 2.80.